The van der Waals surface area contributed by atoms with Gasteiger partial charge in [-0.2, -0.15) is 18.3 Å². The van der Waals surface area contributed by atoms with Crippen LogP contribution in [0.25, 0.3) is 5.69 Å². The third-order valence-electron chi connectivity index (χ3n) is 3.21. The lowest BCUT2D eigenvalue weighted by atomic mass is 10.1. The van der Waals surface area contributed by atoms with Gasteiger partial charge in [-0.3, -0.25) is 0 Å². The maximum atomic E-state index is 12.7. The Morgan fingerprint density at radius 3 is 2.55 bits per heavy atom. The van der Waals surface area contributed by atoms with Crippen LogP contribution < -0.4 is 5.32 Å². The number of hydrogen-bond donors (Lipinski definition) is 1. The number of benzene rings is 1. The van der Waals surface area contributed by atoms with Gasteiger partial charge in [-0.25, -0.2) is 4.68 Å². The summed E-state index contributed by atoms with van der Waals surface area (Å²) in [7, 11) is 1.82. The van der Waals surface area contributed by atoms with Crippen LogP contribution in [0.5, 0.6) is 0 Å². The normalized spacial score (nSPS) is 11.9. The number of aryl methyl sites for hydroxylation is 1. The first-order valence-electron chi connectivity index (χ1n) is 6.22. The molecule has 2 aromatic rings. The van der Waals surface area contributed by atoms with Crippen molar-refractivity contribution in [3.8, 4) is 5.69 Å². The summed E-state index contributed by atoms with van der Waals surface area (Å²) < 4.78 is 39.8. The molecule has 0 radical (unpaired) electrons. The molecule has 0 spiro atoms. The summed E-state index contributed by atoms with van der Waals surface area (Å²) in [6, 6.07) is 5.19. The van der Waals surface area contributed by atoms with Crippen molar-refractivity contribution in [2.24, 2.45) is 0 Å². The van der Waals surface area contributed by atoms with Crippen molar-refractivity contribution in [2.45, 2.75) is 26.6 Å². The van der Waals surface area contributed by atoms with E-state index < -0.39 is 11.7 Å². The van der Waals surface area contributed by atoms with Crippen molar-refractivity contribution in [1.82, 2.24) is 15.1 Å². The summed E-state index contributed by atoms with van der Waals surface area (Å²) in [5.41, 5.74) is 2.41. The summed E-state index contributed by atoms with van der Waals surface area (Å²) in [6.45, 7) is 4.34. The van der Waals surface area contributed by atoms with Crippen LogP contribution in [0, 0.1) is 13.8 Å². The van der Waals surface area contributed by atoms with Crippen LogP contribution in [0.1, 0.15) is 22.5 Å². The Morgan fingerprint density at radius 1 is 1.25 bits per heavy atom. The predicted molar refractivity (Wildman–Crippen MR) is 70.8 cm³/mol. The first kappa shape index (κ1) is 14.6. The summed E-state index contributed by atoms with van der Waals surface area (Å²) in [6.07, 6.45) is -4.35. The number of halogens is 3. The van der Waals surface area contributed by atoms with E-state index >= 15 is 0 Å². The van der Waals surface area contributed by atoms with Crippen molar-refractivity contribution in [2.75, 3.05) is 7.05 Å². The van der Waals surface area contributed by atoms with E-state index in [1.807, 2.05) is 20.9 Å². The van der Waals surface area contributed by atoms with Crippen LogP contribution >= 0.6 is 0 Å². The monoisotopic (exact) mass is 283 g/mol. The van der Waals surface area contributed by atoms with Gasteiger partial charge in [-0.05, 0) is 39.1 Å². The van der Waals surface area contributed by atoms with E-state index in [4.69, 9.17) is 0 Å². The molecule has 1 aromatic heterocycles. The number of nitrogens with one attached hydrogen (secondary N) is 1. The molecule has 0 saturated carbocycles. The van der Waals surface area contributed by atoms with Gasteiger partial charge in [0.25, 0.3) is 0 Å². The zero-order valence-electron chi connectivity index (χ0n) is 11.5. The maximum Gasteiger partial charge on any atom is 0.416 e. The molecule has 20 heavy (non-hydrogen) atoms. The fourth-order valence-corrected chi connectivity index (χ4v) is 2.17. The molecule has 108 valence electrons. The first-order valence-corrected chi connectivity index (χ1v) is 6.22. The molecular formula is C14H16F3N3. The van der Waals surface area contributed by atoms with Crippen LogP contribution in [0.4, 0.5) is 13.2 Å². The Morgan fingerprint density at radius 2 is 1.95 bits per heavy atom. The van der Waals surface area contributed by atoms with Crippen LogP contribution in [0.15, 0.2) is 24.3 Å². The van der Waals surface area contributed by atoms with Crippen LogP contribution in [0.2, 0.25) is 0 Å². The Hall–Kier alpha value is -1.82. The highest BCUT2D eigenvalue weighted by Crippen LogP contribution is 2.30. The van der Waals surface area contributed by atoms with E-state index in [2.05, 4.69) is 10.4 Å². The molecule has 0 amide bonds. The molecule has 1 N–H and O–H groups in total. The smallest absolute Gasteiger partial charge is 0.316 e. The zero-order chi connectivity index (χ0) is 14.9. The molecule has 0 aliphatic carbocycles. The van der Waals surface area contributed by atoms with Crippen LogP contribution in [-0.4, -0.2) is 16.8 Å². The molecule has 0 aliphatic heterocycles. The minimum absolute atomic E-state index is 0.419. The van der Waals surface area contributed by atoms with Crippen LogP contribution in [-0.2, 0) is 12.7 Å². The quantitative estimate of drug-likeness (QED) is 0.937. The fraction of sp³-hybridized carbons (Fsp3) is 0.357. The molecule has 0 saturated heterocycles. The van der Waals surface area contributed by atoms with Gasteiger partial charge >= 0.3 is 6.18 Å². The van der Waals surface area contributed by atoms with Gasteiger partial charge in [0.15, 0.2) is 0 Å². The van der Waals surface area contributed by atoms with Gasteiger partial charge in [-0.15, -0.1) is 0 Å². The van der Waals surface area contributed by atoms with Gasteiger partial charge in [-0.1, -0.05) is 6.07 Å². The van der Waals surface area contributed by atoms with E-state index in [1.165, 1.54) is 6.07 Å². The van der Waals surface area contributed by atoms with Crippen LogP contribution in [0.3, 0.4) is 0 Å². The summed E-state index contributed by atoms with van der Waals surface area (Å²) in [4.78, 5) is 0. The minimum Gasteiger partial charge on any atom is -0.316 e. The van der Waals surface area contributed by atoms with Crippen molar-refractivity contribution < 1.29 is 13.2 Å². The lowest BCUT2D eigenvalue weighted by Crippen LogP contribution is -2.08. The van der Waals surface area contributed by atoms with Crippen molar-refractivity contribution in [3.63, 3.8) is 0 Å². The lowest BCUT2D eigenvalue weighted by Gasteiger charge is -2.10. The molecule has 0 atom stereocenters. The molecule has 0 fully saturated rings. The number of nitrogens with zero attached hydrogens (tertiary/aromatic N) is 2. The maximum absolute atomic E-state index is 12.7. The first-order chi connectivity index (χ1) is 9.34. The molecule has 1 heterocycles. The Labute approximate surface area is 115 Å². The third kappa shape index (κ3) is 2.70. The number of hydrogen-bond acceptors (Lipinski definition) is 2. The zero-order valence-corrected chi connectivity index (χ0v) is 11.5. The topological polar surface area (TPSA) is 29.9 Å². The Kier molecular flexibility index (Phi) is 3.85. The Bertz CT molecular complexity index is 615. The van der Waals surface area contributed by atoms with E-state index in [9.17, 15) is 13.2 Å². The second-order valence-corrected chi connectivity index (χ2v) is 4.64. The van der Waals surface area contributed by atoms with Crippen molar-refractivity contribution >= 4 is 0 Å². The second kappa shape index (κ2) is 5.28. The molecule has 0 unspecified atom stereocenters. The average molecular weight is 283 g/mol. The van der Waals surface area contributed by atoms with E-state index in [1.54, 1.807) is 10.7 Å². The SMILES string of the molecule is CNCc1c(C)nn(-c2cccc(C(F)(F)F)c2)c1C. The van der Waals surface area contributed by atoms with Gasteiger partial charge < -0.3 is 5.32 Å². The second-order valence-electron chi connectivity index (χ2n) is 4.64. The van der Waals surface area contributed by atoms with E-state index in [0.29, 0.717) is 12.2 Å². The van der Waals surface area contributed by atoms with Gasteiger partial charge in [0.1, 0.15) is 0 Å². The molecule has 0 aliphatic rings. The highest BCUT2D eigenvalue weighted by atomic mass is 19.4. The summed E-state index contributed by atoms with van der Waals surface area (Å²) in [5.74, 6) is 0. The van der Waals surface area contributed by atoms with E-state index in [0.717, 1.165) is 29.1 Å². The average Bonchev–Trinajstić information content (AvgIpc) is 2.66. The molecule has 6 heteroatoms. The fourth-order valence-electron chi connectivity index (χ4n) is 2.17. The minimum atomic E-state index is -4.35. The molecule has 3 nitrogen and oxygen atoms in total. The van der Waals surface area contributed by atoms with Gasteiger partial charge in [0.2, 0.25) is 0 Å². The molecular weight excluding hydrogens is 267 g/mol. The van der Waals surface area contributed by atoms with Crippen molar-refractivity contribution in [1.29, 1.82) is 0 Å². The number of aromatic nitrogens is 2. The molecule has 2 rings (SSSR count). The summed E-state index contributed by atoms with van der Waals surface area (Å²) in [5, 5.41) is 7.36. The third-order valence-corrected chi connectivity index (χ3v) is 3.21. The van der Waals surface area contributed by atoms with Gasteiger partial charge in [0, 0.05) is 17.8 Å². The molecule has 0 bridgehead atoms. The predicted octanol–water partition coefficient (Wildman–Crippen LogP) is 3.23. The number of alkyl halides is 3. The van der Waals surface area contributed by atoms with Gasteiger partial charge in [0.05, 0.1) is 16.9 Å². The largest absolute Gasteiger partial charge is 0.416 e. The number of rotatable bonds is 3. The standard InChI is InChI=1S/C14H16F3N3/c1-9-13(8-18-3)10(2)20(19-9)12-6-4-5-11(7-12)14(15,16)17/h4-7,18H,8H2,1-3H3. The summed E-state index contributed by atoms with van der Waals surface area (Å²) >= 11 is 0. The highest BCUT2D eigenvalue weighted by Gasteiger charge is 2.30. The lowest BCUT2D eigenvalue weighted by molar-refractivity contribution is -0.137. The van der Waals surface area contributed by atoms with E-state index in [-0.39, 0.29) is 0 Å². The highest BCUT2D eigenvalue weighted by molar-refractivity contribution is 5.40. The Balaban J connectivity index is 2.50. The molecule has 1 aromatic carbocycles. The van der Waals surface area contributed by atoms with Crippen molar-refractivity contribution in [3.05, 3.63) is 46.8 Å².